The van der Waals surface area contributed by atoms with Gasteiger partial charge in [0.15, 0.2) is 5.13 Å². The van der Waals surface area contributed by atoms with Crippen molar-refractivity contribution in [3.8, 4) is 0 Å². The topological polar surface area (TPSA) is 28.2 Å². The van der Waals surface area contributed by atoms with Crippen molar-refractivity contribution in [2.75, 3.05) is 24.5 Å². The third kappa shape index (κ3) is 2.86. The summed E-state index contributed by atoms with van der Waals surface area (Å²) in [7, 11) is 0. The summed E-state index contributed by atoms with van der Waals surface area (Å²) in [5, 5.41) is 4.64. The number of anilines is 1. The molecule has 1 fully saturated rings. The summed E-state index contributed by atoms with van der Waals surface area (Å²) >= 11 is 1.88. The lowest BCUT2D eigenvalue weighted by Gasteiger charge is -2.13. The lowest BCUT2D eigenvalue weighted by atomic mass is 10.0. The quantitative estimate of drug-likeness (QED) is 0.889. The van der Waals surface area contributed by atoms with E-state index in [4.69, 9.17) is 4.98 Å². The number of hydrogen-bond acceptors (Lipinski definition) is 4. The molecule has 1 aromatic heterocycles. The zero-order chi connectivity index (χ0) is 13.1. The highest BCUT2D eigenvalue weighted by molar-refractivity contribution is 7.15. The summed E-state index contributed by atoms with van der Waals surface area (Å²) in [5.41, 5.74) is 1.28. The molecule has 0 spiro atoms. The summed E-state index contributed by atoms with van der Waals surface area (Å²) in [6, 6.07) is 0. The van der Waals surface area contributed by atoms with Crippen LogP contribution in [-0.4, -0.2) is 24.6 Å². The van der Waals surface area contributed by atoms with Gasteiger partial charge in [-0.1, -0.05) is 27.7 Å². The lowest BCUT2D eigenvalue weighted by Crippen LogP contribution is -2.19. The standard InChI is InChI=1S/C14H25N3S/c1-5-12-13(7-15-6-2)18-14(16-12)17-8-10(3)11(4)9-17/h10-11,15H,5-9H2,1-4H3. The molecule has 0 saturated carbocycles. The molecule has 1 N–H and O–H groups in total. The molecular formula is C14H25N3S. The molecule has 1 aliphatic rings. The van der Waals surface area contributed by atoms with Gasteiger partial charge in [0.2, 0.25) is 0 Å². The van der Waals surface area contributed by atoms with Crippen LogP contribution in [0, 0.1) is 11.8 Å². The van der Waals surface area contributed by atoms with Gasteiger partial charge in [-0.25, -0.2) is 4.98 Å². The second-order valence-electron chi connectivity index (χ2n) is 5.36. The summed E-state index contributed by atoms with van der Waals surface area (Å²) in [4.78, 5) is 8.72. The van der Waals surface area contributed by atoms with Gasteiger partial charge in [0.1, 0.15) is 0 Å². The van der Waals surface area contributed by atoms with Crippen LogP contribution in [0.25, 0.3) is 0 Å². The first-order valence-electron chi connectivity index (χ1n) is 7.09. The van der Waals surface area contributed by atoms with Crippen LogP contribution in [0.1, 0.15) is 38.3 Å². The molecule has 2 unspecified atom stereocenters. The Morgan fingerprint density at radius 3 is 2.50 bits per heavy atom. The lowest BCUT2D eigenvalue weighted by molar-refractivity contribution is 0.494. The van der Waals surface area contributed by atoms with E-state index < -0.39 is 0 Å². The first kappa shape index (κ1) is 13.8. The van der Waals surface area contributed by atoms with E-state index in [1.165, 1.54) is 28.8 Å². The Morgan fingerprint density at radius 1 is 1.28 bits per heavy atom. The second-order valence-corrected chi connectivity index (χ2v) is 6.42. The number of aryl methyl sites for hydroxylation is 1. The molecule has 102 valence electrons. The van der Waals surface area contributed by atoms with Gasteiger partial charge in [-0.2, -0.15) is 0 Å². The van der Waals surface area contributed by atoms with E-state index in [-0.39, 0.29) is 0 Å². The van der Waals surface area contributed by atoms with Crippen LogP contribution < -0.4 is 10.2 Å². The van der Waals surface area contributed by atoms with Crippen molar-refractivity contribution in [2.24, 2.45) is 11.8 Å². The third-order valence-corrected chi connectivity index (χ3v) is 5.05. The third-order valence-electron chi connectivity index (χ3n) is 3.90. The second kappa shape index (κ2) is 6.02. The Labute approximate surface area is 115 Å². The van der Waals surface area contributed by atoms with Crippen molar-refractivity contribution in [3.05, 3.63) is 10.6 Å². The van der Waals surface area contributed by atoms with E-state index in [1.54, 1.807) is 0 Å². The van der Waals surface area contributed by atoms with Crippen LogP contribution >= 0.6 is 11.3 Å². The highest BCUT2D eigenvalue weighted by Gasteiger charge is 2.28. The summed E-state index contributed by atoms with van der Waals surface area (Å²) in [5.74, 6) is 1.58. The fourth-order valence-corrected chi connectivity index (χ4v) is 3.58. The number of nitrogens with one attached hydrogen (secondary N) is 1. The SMILES string of the molecule is CCNCc1sc(N2CC(C)C(C)C2)nc1CC. The summed E-state index contributed by atoms with van der Waals surface area (Å²) in [6.07, 6.45) is 1.04. The van der Waals surface area contributed by atoms with Crippen molar-refractivity contribution < 1.29 is 0 Å². The molecule has 18 heavy (non-hydrogen) atoms. The Bertz CT molecular complexity index is 378. The van der Waals surface area contributed by atoms with Crippen LogP contribution in [0.5, 0.6) is 0 Å². The molecule has 1 aliphatic heterocycles. The number of nitrogens with zero attached hydrogens (tertiary/aromatic N) is 2. The zero-order valence-corrected chi connectivity index (χ0v) is 12.8. The van der Waals surface area contributed by atoms with E-state index in [1.807, 2.05) is 11.3 Å². The first-order valence-corrected chi connectivity index (χ1v) is 7.91. The molecule has 1 aromatic rings. The van der Waals surface area contributed by atoms with Gasteiger partial charge in [0.25, 0.3) is 0 Å². The molecule has 4 heteroatoms. The van der Waals surface area contributed by atoms with Gasteiger partial charge in [0, 0.05) is 24.5 Å². The van der Waals surface area contributed by atoms with Gasteiger partial charge in [-0.05, 0) is 24.8 Å². The van der Waals surface area contributed by atoms with Crippen LogP contribution in [0.2, 0.25) is 0 Å². The summed E-state index contributed by atoms with van der Waals surface area (Å²) < 4.78 is 0. The van der Waals surface area contributed by atoms with Crippen LogP contribution in [0.15, 0.2) is 0 Å². The van der Waals surface area contributed by atoms with E-state index >= 15 is 0 Å². The van der Waals surface area contributed by atoms with Gasteiger partial charge in [0.05, 0.1) is 5.69 Å². The van der Waals surface area contributed by atoms with Gasteiger partial charge in [-0.15, -0.1) is 11.3 Å². The average molecular weight is 267 g/mol. The maximum Gasteiger partial charge on any atom is 0.185 e. The maximum absolute atomic E-state index is 4.84. The van der Waals surface area contributed by atoms with E-state index in [9.17, 15) is 0 Å². The van der Waals surface area contributed by atoms with E-state index in [2.05, 4.69) is 37.9 Å². The number of rotatable bonds is 5. The Hall–Kier alpha value is -0.610. The predicted molar refractivity (Wildman–Crippen MR) is 79.4 cm³/mol. The smallest absolute Gasteiger partial charge is 0.185 e. The van der Waals surface area contributed by atoms with Crippen molar-refractivity contribution in [1.29, 1.82) is 0 Å². The van der Waals surface area contributed by atoms with Crippen LogP contribution in [0.4, 0.5) is 5.13 Å². The highest BCUT2D eigenvalue weighted by Crippen LogP contribution is 2.32. The molecule has 1 saturated heterocycles. The average Bonchev–Trinajstić information content (AvgIpc) is 2.91. The fourth-order valence-electron chi connectivity index (χ4n) is 2.44. The maximum atomic E-state index is 4.84. The molecule has 0 aliphatic carbocycles. The Kier molecular flexibility index (Phi) is 4.62. The fraction of sp³-hybridized carbons (Fsp3) is 0.786. The molecule has 3 nitrogen and oxygen atoms in total. The van der Waals surface area contributed by atoms with Crippen molar-refractivity contribution in [2.45, 2.75) is 40.7 Å². The molecule has 0 radical (unpaired) electrons. The van der Waals surface area contributed by atoms with Crippen molar-refractivity contribution in [3.63, 3.8) is 0 Å². The first-order chi connectivity index (χ1) is 8.65. The minimum absolute atomic E-state index is 0.788. The minimum atomic E-state index is 0.788. The molecule has 2 heterocycles. The van der Waals surface area contributed by atoms with E-state index in [0.29, 0.717) is 0 Å². The minimum Gasteiger partial charge on any atom is -0.348 e. The monoisotopic (exact) mass is 267 g/mol. The predicted octanol–water partition coefficient (Wildman–Crippen LogP) is 2.91. The number of thiazole rings is 1. The zero-order valence-electron chi connectivity index (χ0n) is 12.0. The summed E-state index contributed by atoms with van der Waals surface area (Å²) in [6.45, 7) is 13.4. The molecular weight excluding hydrogens is 242 g/mol. The Balaban J connectivity index is 2.11. The van der Waals surface area contributed by atoms with Gasteiger partial charge < -0.3 is 10.2 Å². The molecule has 2 atom stereocenters. The largest absolute Gasteiger partial charge is 0.348 e. The molecule has 0 aromatic carbocycles. The molecule has 0 amide bonds. The van der Waals surface area contributed by atoms with Gasteiger partial charge >= 0.3 is 0 Å². The Morgan fingerprint density at radius 2 is 1.94 bits per heavy atom. The molecule has 0 bridgehead atoms. The number of aromatic nitrogens is 1. The van der Waals surface area contributed by atoms with Crippen molar-refractivity contribution in [1.82, 2.24) is 10.3 Å². The number of hydrogen-bond donors (Lipinski definition) is 1. The molecule has 2 rings (SSSR count). The van der Waals surface area contributed by atoms with Crippen molar-refractivity contribution >= 4 is 16.5 Å². The van der Waals surface area contributed by atoms with Gasteiger partial charge in [-0.3, -0.25) is 0 Å². The highest BCUT2D eigenvalue weighted by atomic mass is 32.1. The van der Waals surface area contributed by atoms with Crippen LogP contribution in [-0.2, 0) is 13.0 Å². The van der Waals surface area contributed by atoms with Crippen LogP contribution in [0.3, 0.4) is 0 Å². The normalized spacial score (nSPS) is 23.9. The van der Waals surface area contributed by atoms with E-state index in [0.717, 1.165) is 31.3 Å².